The Morgan fingerprint density at radius 2 is 1.56 bits per heavy atom. The van der Waals surface area contributed by atoms with Crippen LogP contribution in [0.1, 0.15) is 21.6 Å². The Kier molecular flexibility index (Phi) is 4.61. The highest BCUT2D eigenvalue weighted by Gasteiger charge is 2.20. The Labute approximate surface area is 162 Å². The molecule has 0 bridgehead atoms. The Morgan fingerprint density at radius 1 is 0.889 bits per heavy atom. The van der Waals surface area contributed by atoms with E-state index < -0.39 is 0 Å². The second kappa shape index (κ2) is 7.22. The van der Waals surface area contributed by atoms with E-state index in [4.69, 9.17) is 11.6 Å². The van der Waals surface area contributed by atoms with Crippen LogP contribution in [0.5, 0.6) is 0 Å². The largest absolute Gasteiger partial charge is 0.287 e. The van der Waals surface area contributed by atoms with Crippen LogP contribution in [0.3, 0.4) is 0 Å². The van der Waals surface area contributed by atoms with Crippen molar-refractivity contribution in [3.63, 3.8) is 0 Å². The normalized spacial score (nSPS) is 10.7. The number of hydrogen-bond acceptors (Lipinski definition) is 2. The molecule has 0 saturated carbocycles. The fourth-order valence-corrected chi connectivity index (χ4v) is 3.06. The van der Waals surface area contributed by atoms with Gasteiger partial charge in [0.1, 0.15) is 5.69 Å². The van der Waals surface area contributed by atoms with Crippen molar-refractivity contribution in [2.45, 2.75) is 6.92 Å². The summed E-state index contributed by atoms with van der Waals surface area (Å²) >= 11 is 5.96. The Bertz CT molecular complexity index is 1080. The van der Waals surface area contributed by atoms with Crippen LogP contribution >= 0.6 is 11.6 Å². The van der Waals surface area contributed by atoms with Crippen LogP contribution in [0.25, 0.3) is 16.8 Å². The van der Waals surface area contributed by atoms with Gasteiger partial charge in [0.15, 0.2) is 0 Å². The number of hydrogen-bond donors (Lipinski definition) is 0. The zero-order valence-corrected chi connectivity index (χ0v) is 15.5. The maximum Gasteiger partial charge on any atom is 0.213 e. The summed E-state index contributed by atoms with van der Waals surface area (Å²) in [5, 5.41) is 5.21. The molecule has 0 aliphatic heterocycles. The molecule has 3 aromatic carbocycles. The van der Waals surface area contributed by atoms with E-state index in [-0.39, 0.29) is 5.78 Å². The van der Waals surface area contributed by atoms with Crippen molar-refractivity contribution in [3.05, 3.63) is 107 Å². The molecular weight excluding hydrogens is 356 g/mol. The first-order valence-corrected chi connectivity index (χ1v) is 9.02. The van der Waals surface area contributed by atoms with E-state index in [9.17, 15) is 4.79 Å². The van der Waals surface area contributed by atoms with Crippen LogP contribution in [-0.2, 0) is 0 Å². The summed E-state index contributed by atoms with van der Waals surface area (Å²) in [6.45, 7) is 2.04. The minimum Gasteiger partial charge on any atom is -0.287 e. The lowest BCUT2D eigenvalue weighted by atomic mass is 10.00. The van der Waals surface area contributed by atoms with Gasteiger partial charge in [0.2, 0.25) is 5.78 Å². The van der Waals surface area contributed by atoms with Crippen molar-refractivity contribution >= 4 is 17.4 Å². The third-order valence-electron chi connectivity index (χ3n) is 4.42. The molecule has 27 heavy (non-hydrogen) atoms. The number of rotatable bonds is 4. The van der Waals surface area contributed by atoms with E-state index in [0.29, 0.717) is 16.3 Å². The molecule has 4 aromatic rings. The smallest absolute Gasteiger partial charge is 0.213 e. The van der Waals surface area contributed by atoms with E-state index in [1.165, 1.54) is 5.56 Å². The molecule has 0 radical (unpaired) electrons. The van der Waals surface area contributed by atoms with Crippen LogP contribution in [0.2, 0.25) is 5.02 Å². The number of aryl methyl sites for hydroxylation is 1. The van der Waals surface area contributed by atoms with Gasteiger partial charge in [-0.2, -0.15) is 5.10 Å². The van der Waals surface area contributed by atoms with Crippen LogP contribution in [0.15, 0.2) is 85.1 Å². The van der Waals surface area contributed by atoms with Crippen molar-refractivity contribution in [1.29, 1.82) is 0 Å². The van der Waals surface area contributed by atoms with Gasteiger partial charge in [0, 0.05) is 22.3 Å². The minimum atomic E-state index is -0.128. The molecule has 4 rings (SSSR count). The fourth-order valence-electron chi connectivity index (χ4n) is 2.94. The van der Waals surface area contributed by atoms with Crippen molar-refractivity contribution < 1.29 is 4.79 Å². The van der Waals surface area contributed by atoms with E-state index in [0.717, 1.165) is 16.8 Å². The summed E-state index contributed by atoms with van der Waals surface area (Å²) in [4.78, 5) is 13.1. The lowest BCUT2D eigenvalue weighted by molar-refractivity contribution is 0.103. The molecule has 1 aromatic heterocycles. The van der Waals surface area contributed by atoms with Crippen molar-refractivity contribution in [2.24, 2.45) is 0 Å². The third kappa shape index (κ3) is 3.55. The number of ketones is 1. The molecule has 0 spiro atoms. The lowest BCUT2D eigenvalue weighted by Crippen LogP contribution is -2.05. The molecule has 4 heteroatoms. The van der Waals surface area contributed by atoms with Gasteiger partial charge in [0.25, 0.3) is 0 Å². The number of carbonyl (C=O) groups excluding carboxylic acids is 1. The molecule has 0 aliphatic carbocycles. The number of benzene rings is 3. The number of halogens is 1. The van der Waals surface area contributed by atoms with Crippen molar-refractivity contribution in [3.8, 4) is 16.8 Å². The van der Waals surface area contributed by atoms with Crippen LogP contribution in [0.4, 0.5) is 0 Å². The van der Waals surface area contributed by atoms with E-state index in [1.54, 1.807) is 28.9 Å². The van der Waals surface area contributed by atoms with Crippen molar-refractivity contribution in [2.75, 3.05) is 0 Å². The molecule has 0 amide bonds. The molecule has 0 N–H and O–H groups in total. The zero-order valence-electron chi connectivity index (χ0n) is 14.8. The van der Waals surface area contributed by atoms with E-state index >= 15 is 0 Å². The van der Waals surface area contributed by atoms with Gasteiger partial charge in [-0.3, -0.25) is 4.79 Å². The second-order valence-corrected chi connectivity index (χ2v) is 6.81. The van der Waals surface area contributed by atoms with Gasteiger partial charge in [-0.15, -0.1) is 0 Å². The summed E-state index contributed by atoms with van der Waals surface area (Å²) in [6, 6.07) is 24.8. The first-order chi connectivity index (χ1) is 13.1. The molecule has 0 unspecified atom stereocenters. The number of aromatic nitrogens is 2. The van der Waals surface area contributed by atoms with Crippen LogP contribution in [-0.4, -0.2) is 15.6 Å². The summed E-state index contributed by atoms with van der Waals surface area (Å²) < 4.78 is 1.75. The summed E-state index contributed by atoms with van der Waals surface area (Å²) in [5.74, 6) is -0.128. The topological polar surface area (TPSA) is 34.9 Å². The first-order valence-electron chi connectivity index (χ1n) is 8.64. The van der Waals surface area contributed by atoms with Gasteiger partial charge in [0.05, 0.1) is 5.69 Å². The number of para-hydroxylation sites is 1. The minimum absolute atomic E-state index is 0.128. The highest BCUT2D eigenvalue weighted by Crippen LogP contribution is 2.27. The van der Waals surface area contributed by atoms with Gasteiger partial charge in [-0.1, -0.05) is 59.6 Å². The highest BCUT2D eigenvalue weighted by molar-refractivity contribution is 6.30. The molecule has 0 aliphatic rings. The molecule has 3 nitrogen and oxygen atoms in total. The maximum atomic E-state index is 13.1. The third-order valence-corrected chi connectivity index (χ3v) is 4.67. The Hall–Kier alpha value is -3.17. The summed E-state index contributed by atoms with van der Waals surface area (Å²) in [7, 11) is 0. The second-order valence-electron chi connectivity index (χ2n) is 6.37. The SMILES string of the molecule is Cc1ccc(-c2cn(-c3ccccc3)nc2C(=O)c2ccc(Cl)cc2)cc1. The quantitative estimate of drug-likeness (QED) is 0.428. The standard InChI is InChI=1S/C23H17ClN2O/c1-16-7-9-17(10-8-16)21-15-26(20-5-3-2-4-6-20)25-22(21)23(27)18-11-13-19(24)14-12-18/h2-15H,1H3. The Balaban J connectivity index is 1.85. The molecule has 0 atom stereocenters. The molecule has 0 saturated heterocycles. The van der Waals surface area contributed by atoms with Gasteiger partial charge < -0.3 is 0 Å². The molecular formula is C23H17ClN2O. The van der Waals surface area contributed by atoms with Gasteiger partial charge >= 0.3 is 0 Å². The van der Waals surface area contributed by atoms with Gasteiger partial charge in [-0.05, 0) is 48.9 Å². The fraction of sp³-hybridized carbons (Fsp3) is 0.0435. The van der Waals surface area contributed by atoms with E-state index in [1.807, 2.05) is 67.7 Å². The monoisotopic (exact) mass is 372 g/mol. The predicted octanol–water partition coefficient (Wildman–Crippen LogP) is 5.73. The predicted molar refractivity (Wildman–Crippen MR) is 109 cm³/mol. The highest BCUT2D eigenvalue weighted by atomic mass is 35.5. The maximum absolute atomic E-state index is 13.1. The molecule has 132 valence electrons. The number of carbonyl (C=O) groups is 1. The average Bonchev–Trinajstić information content (AvgIpc) is 3.15. The number of nitrogens with zero attached hydrogens (tertiary/aromatic N) is 2. The Morgan fingerprint density at radius 3 is 2.22 bits per heavy atom. The van der Waals surface area contributed by atoms with Crippen LogP contribution < -0.4 is 0 Å². The average molecular weight is 373 g/mol. The van der Waals surface area contributed by atoms with E-state index in [2.05, 4.69) is 5.10 Å². The van der Waals surface area contributed by atoms with Crippen molar-refractivity contribution in [1.82, 2.24) is 9.78 Å². The molecule has 0 fully saturated rings. The van der Waals surface area contributed by atoms with Crippen LogP contribution in [0, 0.1) is 6.92 Å². The zero-order chi connectivity index (χ0) is 18.8. The summed E-state index contributed by atoms with van der Waals surface area (Å²) in [5.41, 5.74) is 4.82. The lowest BCUT2D eigenvalue weighted by Gasteiger charge is -2.03. The van der Waals surface area contributed by atoms with Gasteiger partial charge in [-0.25, -0.2) is 4.68 Å². The molecule has 1 heterocycles. The summed E-state index contributed by atoms with van der Waals surface area (Å²) in [6.07, 6.45) is 1.91. The first kappa shape index (κ1) is 17.3.